The average Bonchev–Trinajstić information content (AvgIpc) is 3.31. The fourth-order valence-corrected chi connectivity index (χ4v) is 3.73. The smallest absolute Gasteiger partial charge is 0.142 e. The number of fused-ring (bicyclic) bond motifs is 2. The van der Waals surface area contributed by atoms with Crippen molar-refractivity contribution in [1.82, 2.24) is 20.3 Å². The number of para-hydroxylation sites is 2. The third kappa shape index (κ3) is 2.69. The molecule has 3 N–H and O–H groups in total. The molecule has 1 unspecified atom stereocenters. The third-order valence-corrected chi connectivity index (χ3v) is 5.12. The van der Waals surface area contributed by atoms with Gasteiger partial charge in [-0.15, -0.1) is 0 Å². The highest BCUT2D eigenvalue weighted by molar-refractivity contribution is 6.31. The fraction of sp³-hybridized carbons (Fsp3) is 0.200. The number of benzene rings is 2. The van der Waals surface area contributed by atoms with Crippen molar-refractivity contribution in [2.75, 3.05) is 18.4 Å². The largest absolute Gasteiger partial charge is 0.380 e. The highest BCUT2D eigenvalue weighted by atomic mass is 35.5. The Hall–Kier alpha value is -2.63. The molecule has 2 aromatic heterocycles. The topological polar surface area (TPSA) is 65.6 Å². The molecule has 5 rings (SSSR count). The standard InChI is InChI=1S/C20H18ClN5/c21-12-5-6-16-14(9-12)19(24-13-7-8-22-10-13)15(11-23-16)20-25-17-3-1-2-4-18(17)26-20/h1-6,9,11,13,22H,7-8,10H2,(H,23,24)(H,25,26). The van der Waals surface area contributed by atoms with Gasteiger partial charge in [0.1, 0.15) is 5.82 Å². The molecule has 1 fully saturated rings. The van der Waals surface area contributed by atoms with Crippen molar-refractivity contribution in [3.8, 4) is 11.4 Å². The number of aromatic amines is 1. The van der Waals surface area contributed by atoms with Gasteiger partial charge in [-0.3, -0.25) is 4.98 Å². The normalized spacial score (nSPS) is 17.2. The Morgan fingerprint density at radius 2 is 2.04 bits per heavy atom. The predicted molar refractivity (Wildman–Crippen MR) is 107 cm³/mol. The molecule has 0 saturated carbocycles. The summed E-state index contributed by atoms with van der Waals surface area (Å²) in [5.41, 5.74) is 4.88. The van der Waals surface area contributed by atoms with Crippen molar-refractivity contribution in [1.29, 1.82) is 0 Å². The monoisotopic (exact) mass is 363 g/mol. The second-order valence-electron chi connectivity index (χ2n) is 6.64. The van der Waals surface area contributed by atoms with Crippen LogP contribution >= 0.6 is 11.6 Å². The molecule has 5 nitrogen and oxygen atoms in total. The number of aromatic nitrogens is 3. The lowest BCUT2D eigenvalue weighted by Crippen LogP contribution is -2.22. The molecule has 26 heavy (non-hydrogen) atoms. The molecule has 1 aliphatic rings. The first-order valence-electron chi connectivity index (χ1n) is 8.78. The minimum absolute atomic E-state index is 0.378. The summed E-state index contributed by atoms with van der Waals surface area (Å²) in [7, 11) is 0. The Morgan fingerprint density at radius 3 is 2.88 bits per heavy atom. The molecule has 3 heterocycles. The molecule has 0 bridgehead atoms. The van der Waals surface area contributed by atoms with E-state index >= 15 is 0 Å². The van der Waals surface area contributed by atoms with E-state index in [1.54, 1.807) is 0 Å². The van der Waals surface area contributed by atoms with E-state index in [9.17, 15) is 0 Å². The molecule has 4 aromatic rings. The third-order valence-electron chi connectivity index (χ3n) is 4.88. The second kappa shape index (κ2) is 6.27. The van der Waals surface area contributed by atoms with E-state index in [1.165, 1.54) is 0 Å². The van der Waals surface area contributed by atoms with Crippen LogP contribution in [-0.2, 0) is 0 Å². The van der Waals surface area contributed by atoms with Gasteiger partial charge in [-0.1, -0.05) is 23.7 Å². The number of halogens is 1. The van der Waals surface area contributed by atoms with Gasteiger partial charge in [-0.05, 0) is 43.3 Å². The summed E-state index contributed by atoms with van der Waals surface area (Å²) in [6, 6.07) is 14.2. The van der Waals surface area contributed by atoms with Gasteiger partial charge in [-0.25, -0.2) is 4.98 Å². The number of pyridine rings is 1. The maximum atomic E-state index is 6.28. The van der Waals surface area contributed by atoms with Crippen LogP contribution in [0.3, 0.4) is 0 Å². The molecule has 6 heteroatoms. The van der Waals surface area contributed by atoms with Crippen LogP contribution in [0.5, 0.6) is 0 Å². The average molecular weight is 364 g/mol. The van der Waals surface area contributed by atoms with Gasteiger partial charge in [0.25, 0.3) is 0 Å². The van der Waals surface area contributed by atoms with Crippen LogP contribution in [0.1, 0.15) is 6.42 Å². The summed E-state index contributed by atoms with van der Waals surface area (Å²) in [4.78, 5) is 12.8. The zero-order chi connectivity index (χ0) is 17.5. The van der Waals surface area contributed by atoms with Gasteiger partial charge in [0, 0.05) is 29.2 Å². The van der Waals surface area contributed by atoms with Gasteiger partial charge in [0.05, 0.1) is 27.8 Å². The molecule has 1 atom stereocenters. The molecule has 0 radical (unpaired) electrons. The van der Waals surface area contributed by atoms with E-state index in [2.05, 4.69) is 20.6 Å². The van der Waals surface area contributed by atoms with Crippen LogP contribution < -0.4 is 10.6 Å². The van der Waals surface area contributed by atoms with Crippen molar-refractivity contribution >= 4 is 39.2 Å². The Balaban J connectivity index is 1.72. The highest BCUT2D eigenvalue weighted by Gasteiger charge is 2.20. The van der Waals surface area contributed by atoms with Crippen LogP contribution in [0.4, 0.5) is 5.69 Å². The molecule has 0 amide bonds. The lowest BCUT2D eigenvalue weighted by atomic mass is 10.1. The lowest BCUT2D eigenvalue weighted by Gasteiger charge is -2.18. The van der Waals surface area contributed by atoms with Crippen molar-refractivity contribution in [3.63, 3.8) is 0 Å². The van der Waals surface area contributed by atoms with Gasteiger partial charge in [-0.2, -0.15) is 0 Å². The SMILES string of the molecule is Clc1ccc2ncc(-c3nc4ccccc4[nH]3)c(NC3CCNC3)c2c1. The first-order chi connectivity index (χ1) is 12.8. The number of H-pyrrole nitrogens is 1. The first-order valence-corrected chi connectivity index (χ1v) is 9.16. The molecule has 2 aromatic carbocycles. The number of anilines is 1. The lowest BCUT2D eigenvalue weighted by molar-refractivity contribution is 0.794. The van der Waals surface area contributed by atoms with Crippen LogP contribution in [0.15, 0.2) is 48.7 Å². The van der Waals surface area contributed by atoms with Crippen molar-refractivity contribution < 1.29 is 0 Å². The number of hydrogen-bond acceptors (Lipinski definition) is 4. The van der Waals surface area contributed by atoms with E-state index in [1.807, 2.05) is 48.7 Å². The highest BCUT2D eigenvalue weighted by Crippen LogP contribution is 2.35. The van der Waals surface area contributed by atoms with Crippen LogP contribution in [0, 0.1) is 0 Å². The predicted octanol–water partition coefficient (Wildman–Crippen LogP) is 4.21. The van der Waals surface area contributed by atoms with Crippen LogP contribution in [0.2, 0.25) is 5.02 Å². The number of nitrogens with one attached hydrogen (secondary N) is 3. The summed E-state index contributed by atoms with van der Waals surface area (Å²) >= 11 is 6.28. The van der Waals surface area contributed by atoms with E-state index in [4.69, 9.17) is 16.6 Å². The minimum atomic E-state index is 0.378. The fourth-order valence-electron chi connectivity index (χ4n) is 3.56. The molecule has 1 saturated heterocycles. The Labute approximate surface area is 155 Å². The van der Waals surface area contributed by atoms with Crippen LogP contribution in [-0.4, -0.2) is 34.1 Å². The van der Waals surface area contributed by atoms with E-state index in [-0.39, 0.29) is 0 Å². The zero-order valence-corrected chi connectivity index (χ0v) is 14.8. The van der Waals surface area contributed by atoms with Gasteiger partial charge >= 0.3 is 0 Å². The van der Waals surface area contributed by atoms with Crippen molar-refractivity contribution in [2.24, 2.45) is 0 Å². The molecular formula is C20H18ClN5. The minimum Gasteiger partial charge on any atom is -0.380 e. The summed E-state index contributed by atoms with van der Waals surface area (Å²) < 4.78 is 0. The van der Waals surface area contributed by atoms with E-state index in [0.29, 0.717) is 11.1 Å². The zero-order valence-electron chi connectivity index (χ0n) is 14.1. The maximum Gasteiger partial charge on any atom is 0.142 e. The van der Waals surface area contributed by atoms with Gasteiger partial charge in [0.15, 0.2) is 0 Å². The molecular weight excluding hydrogens is 346 g/mol. The molecule has 1 aliphatic heterocycles. The summed E-state index contributed by atoms with van der Waals surface area (Å²) in [6.45, 7) is 1.98. The number of nitrogens with zero attached hydrogens (tertiary/aromatic N) is 2. The molecule has 0 aliphatic carbocycles. The summed E-state index contributed by atoms with van der Waals surface area (Å²) in [5, 5.41) is 8.83. The van der Waals surface area contributed by atoms with E-state index in [0.717, 1.165) is 58.5 Å². The maximum absolute atomic E-state index is 6.28. The quantitative estimate of drug-likeness (QED) is 0.510. The molecule has 0 spiro atoms. The van der Waals surface area contributed by atoms with Crippen LogP contribution in [0.25, 0.3) is 33.3 Å². The summed E-state index contributed by atoms with van der Waals surface area (Å²) in [5.74, 6) is 0.814. The Morgan fingerprint density at radius 1 is 1.12 bits per heavy atom. The molecule has 130 valence electrons. The Kier molecular flexibility index (Phi) is 3.76. The van der Waals surface area contributed by atoms with Crippen molar-refractivity contribution in [2.45, 2.75) is 12.5 Å². The second-order valence-corrected chi connectivity index (χ2v) is 7.08. The van der Waals surface area contributed by atoms with Crippen molar-refractivity contribution in [3.05, 3.63) is 53.7 Å². The van der Waals surface area contributed by atoms with E-state index < -0.39 is 0 Å². The Bertz CT molecular complexity index is 1060. The first kappa shape index (κ1) is 15.6. The summed E-state index contributed by atoms with van der Waals surface area (Å²) in [6.07, 6.45) is 2.97. The van der Waals surface area contributed by atoms with Gasteiger partial charge < -0.3 is 15.6 Å². The van der Waals surface area contributed by atoms with Gasteiger partial charge in [0.2, 0.25) is 0 Å². The number of hydrogen-bond donors (Lipinski definition) is 3. The number of rotatable bonds is 3. The number of imidazole rings is 1.